The normalized spacial score (nSPS) is 23.6. The molecule has 2 aliphatic heterocycles. The number of aromatic nitrogens is 1. The smallest absolute Gasteiger partial charge is 0.205 e. The standard InChI is InChI=1S/C28H39N3O3/c1-28(12-10-23(11-13-28)32-20-6-18-30-14-2-3-15-30)27-29-25-9-8-24(22-26(25)34-27)33-21-7-19-31-16-4-5-17-31/h8-12,22H,2-7,13-21H2,1H3. The van der Waals surface area contributed by atoms with Crippen LogP contribution >= 0.6 is 0 Å². The van der Waals surface area contributed by atoms with Crippen LogP contribution in [0.1, 0.15) is 57.8 Å². The fraction of sp³-hybridized carbons (Fsp3) is 0.607. The number of allylic oxidation sites excluding steroid dienone is 3. The molecule has 0 saturated carbocycles. The first-order chi connectivity index (χ1) is 16.7. The summed E-state index contributed by atoms with van der Waals surface area (Å²) in [6.45, 7) is 10.9. The Morgan fingerprint density at radius 3 is 2.26 bits per heavy atom. The van der Waals surface area contributed by atoms with Crippen LogP contribution in [-0.4, -0.2) is 67.3 Å². The number of hydrogen-bond donors (Lipinski definition) is 0. The molecule has 2 fully saturated rings. The number of hydrogen-bond acceptors (Lipinski definition) is 6. The highest BCUT2D eigenvalue weighted by Gasteiger charge is 2.31. The molecule has 1 aliphatic carbocycles. The Morgan fingerprint density at radius 2 is 1.62 bits per heavy atom. The van der Waals surface area contributed by atoms with Crippen molar-refractivity contribution in [1.82, 2.24) is 14.8 Å². The van der Waals surface area contributed by atoms with Gasteiger partial charge in [-0.15, -0.1) is 0 Å². The third-order valence-corrected chi connectivity index (χ3v) is 7.36. The monoisotopic (exact) mass is 465 g/mol. The first-order valence-electron chi connectivity index (χ1n) is 13.2. The van der Waals surface area contributed by atoms with Crippen molar-refractivity contribution in [3.63, 3.8) is 0 Å². The van der Waals surface area contributed by atoms with E-state index in [4.69, 9.17) is 18.9 Å². The van der Waals surface area contributed by atoms with Crippen LogP contribution in [0.3, 0.4) is 0 Å². The lowest BCUT2D eigenvalue weighted by atomic mass is 9.83. The second-order valence-electron chi connectivity index (χ2n) is 10.2. The Kier molecular flexibility index (Phi) is 7.55. The van der Waals surface area contributed by atoms with Gasteiger partial charge in [0.15, 0.2) is 5.58 Å². The maximum Gasteiger partial charge on any atom is 0.205 e. The summed E-state index contributed by atoms with van der Waals surface area (Å²) in [5, 5.41) is 0. The molecule has 34 heavy (non-hydrogen) atoms. The maximum absolute atomic E-state index is 6.20. The molecular formula is C28H39N3O3. The Balaban J connectivity index is 1.11. The molecule has 1 aromatic heterocycles. The summed E-state index contributed by atoms with van der Waals surface area (Å²) in [5.74, 6) is 2.55. The van der Waals surface area contributed by atoms with Crippen LogP contribution in [0.2, 0.25) is 0 Å². The molecule has 5 rings (SSSR count). The average Bonchev–Trinajstić information content (AvgIpc) is 3.63. The molecule has 1 unspecified atom stereocenters. The molecule has 2 aromatic rings. The van der Waals surface area contributed by atoms with Gasteiger partial charge in [-0.3, -0.25) is 0 Å². The first-order valence-corrected chi connectivity index (χ1v) is 13.2. The van der Waals surface area contributed by atoms with Crippen molar-refractivity contribution in [2.45, 2.75) is 57.3 Å². The number of nitrogens with zero attached hydrogens (tertiary/aromatic N) is 3. The van der Waals surface area contributed by atoms with E-state index in [0.29, 0.717) is 0 Å². The lowest BCUT2D eigenvalue weighted by molar-refractivity contribution is 0.197. The zero-order valence-electron chi connectivity index (χ0n) is 20.6. The highest BCUT2D eigenvalue weighted by Crippen LogP contribution is 2.35. The molecule has 0 radical (unpaired) electrons. The Hall–Kier alpha value is -2.31. The zero-order valence-corrected chi connectivity index (χ0v) is 20.6. The largest absolute Gasteiger partial charge is 0.494 e. The van der Waals surface area contributed by atoms with Crippen molar-refractivity contribution in [3.05, 3.63) is 48.1 Å². The number of benzene rings is 1. The Bertz CT molecular complexity index is 1000. The molecule has 0 spiro atoms. The fourth-order valence-corrected chi connectivity index (χ4v) is 5.19. The van der Waals surface area contributed by atoms with Gasteiger partial charge in [-0.05, 0) is 102 Å². The van der Waals surface area contributed by atoms with E-state index in [1.165, 1.54) is 51.9 Å². The molecule has 6 heteroatoms. The minimum atomic E-state index is -0.266. The quantitative estimate of drug-likeness (QED) is 0.420. The van der Waals surface area contributed by atoms with Gasteiger partial charge in [-0.2, -0.15) is 0 Å². The molecular weight excluding hydrogens is 426 g/mol. The minimum Gasteiger partial charge on any atom is -0.494 e. The van der Waals surface area contributed by atoms with E-state index in [0.717, 1.165) is 74.1 Å². The van der Waals surface area contributed by atoms with Crippen LogP contribution in [0.4, 0.5) is 0 Å². The van der Waals surface area contributed by atoms with E-state index in [2.05, 4.69) is 35.0 Å². The predicted octanol–water partition coefficient (Wildman–Crippen LogP) is 5.30. The molecule has 0 bridgehead atoms. The summed E-state index contributed by atoms with van der Waals surface area (Å²) in [6, 6.07) is 5.97. The lowest BCUT2D eigenvalue weighted by Gasteiger charge is -2.24. The molecule has 3 heterocycles. The number of rotatable bonds is 11. The maximum atomic E-state index is 6.20. The van der Waals surface area contributed by atoms with Crippen LogP contribution in [0.25, 0.3) is 11.1 Å². The van der Waals surface area contributed by atoms with E-state index in [9.17, 15) is 0 Å². The van der Waals surface area contributed by atoms with Crippen molar-refractivity contribution in [2.24, 2.45) is 0 Å². The van der Waals surface area contributed by atoms with E-state index in [1.54, 1.807) is 0 Å². The number of fused-ring (bicyclic) bond motifs is 1. The average molecular weight is 466 g/mol. The van der Waals surface area contributed by atoms with Gasteiger partial charge in [0.25, 0.3) is 0 Å². The Labute approximate surface area is 203 Å². The van der Waals surface area contributed by atoms with E-state index in [1.807, 2.05) is 18.2 Å². The molecule has 3 aliphatic rings. The van der Waals surface area contributed by atoms with Crippen molar-refractivity contribution in [3.8, 4) is 5.75 Å². The van der Waals surface area contributed by atoms with Crippen molar-refractivity contribution in [2.75, 3.05) is 52.5 Å². The third-order valence-electron chi connectivity index (χ3n) is 7.36. The molecule has 184 valence electrons. The predicted molar refractivity (Wildman–Crippen MR) is 135 cm³/mol. The fourth-order valence-electron chi connectivity index (χ4n) is 5.19. The highest BCUT2D eigenvalue weighted by molar-refractivity contribution is 5.74. The number of likely N-dealkylation sites (tertiary alicyclic amines) is 2. The van der Waals surface area contributed by atoms with E-state index >= 15 is 0 Å². The zero-order chi connectivity index (χ0) is 23.2. The van der Waals surface area contributed by atoms with Gasteiger partial charge in [0, 0.05) is 19.2 Å². The first kappa shape index (κ1) is 23.4. The van der Waals surface area contributed by atoms with Crippen molar-refractivity contribution >= 4 is 11.1 Å². The minimum absolute atomic E-state index is 0.266. The Morgan fingerprint density at radius 1 is 0.941 bits per heavy atom. The molecule has 0 amide bonds. The van der Waals surface area contributed by atoms with Crippen LogP contribution in [0.5, 0.6) is 5.75 Å². The van der Waals surface area contributed by atoms with Gasteiger partial charge in [-0.1, -0.05) is 6.08 Å². The molecule has 6 nitrogen and oxygen atoms in total. The summed E-state index contributed by atoms with van der Waals surface area (Å²) in [6.07, 6.45) is 14.7. The van der Waals surface area contributed by atoms with E-state index in [-0.39, 0.29) is 5.41 Å². The van der Waals surface area contributed by atoms with E-state index < -0.39 is 0 Å². The highest BCUT2D eigenvalue weighted by atomic mass is 16.5. The lowest BCUT2D eigenvalue weighted by Crippen LogP contribution is -2.22. The van der Waals surface area contributed by atoms with Crippen LogP contribution < -0.4 is 4.74 Å². The SMILES string of the molecule is CC1(c2nc3ccc(OCCCN4CCCC4)cc3o2)C=CC(OCCCN2CCCC2)=CC1. The van der Waals surface area contributed by atoms with Crippen LogP contribution in [0, 0.1) is 0 Å². The van der Waals surface area contributed by atoms with Gasteiger partial charge in [-0.25, -0.2) is 4.98 Å². The second kappa shape index (κ2) is 11.0. The van der Waals surface area contributed by atoms with Crippen molar-refractivity contribution in [1.29, 1.82) is 0 Å². The van der Waals surface area contributed by atoms with Crippen LogP contribution in [0.15, 0.2) is 46.6 Å². The van der Waals surface area contributed by atoms with Gasteiger partial charge >= 0.3 is 0 Å². The molecule has 1 atom stereocenters. The van der Waals surface area contributed by atoms with Gasteiger partial charge < -0.3 is 23.7 Å². The molecule has 0 N–H and O–H groups in total. The molecule has 2 saturated heterocycles. The summed E-state index contributed by atoms with van der Waals surface area (Å²) in [4.78, 5) is 9.84. The van der Waals surface area contributed by atoms with Gasteiger partial charge in [0.1, 0.15) is 17.0 Å². The third kappa shape index (κ3) is 5.84. The number of oxazole rings is 1. The van der Waals surface area contributed by atoms with Gasteiger partial charge in [0.05, 0.1) is 18.6 Å². The summed E-state index contributed by atoms with van der Waals surface area (Å²) >= 11 is 0. The van der Waals surface area contributed by atoms with Gasteiger partial charge in [0.2, 0.25) is 5.89 Å². The second-order valence-corrected chi connectivity index (χ2v) is 10.2. The van der Waals surface area contributed by atoms with Crippen LogP contribution in [-0.2, 0) is 10.2 Å². The summed E-state index contributed by atoms with van der Waals surface area (Å²) in [5.41, 5.74) is 1.40. The topological polar surface area (TPSA) is 51.0 Å². The number of ether oxygens (including phenoxy) is 2. The van der Waals surface area contributed by atoms with Crippen molar-refractivity contribution < 1.29 is 13.9 Å². The summed E-state index contributed by atoms with van der Waals surface area (Å²) < 4.78 is 18.2. The molecule has 1 aromatic carbocycles. The summed E-state index contributed by atoms with van der Waals surface area (Å²) in [7, 11) is 0.